The van der Waals surface area contributed by atoms with E-state index in [2.05, 4.69) is 10.3 Å². The van der Waals surface area contributed by atoms with E-state index < -0.39 is 0 Å². The van der Waals surface area contributed by atoms with Gasteiger partial charge in [-0.3, -0.25) is 0 Å². The summed E-state index contributed by atoms with van der Waals surface area (Å²) >= 11 is 0. The number of ether oxygens (including phenoxy) is 1. The molecule has 0 amide bonds. The molecule has 2 aromatic heterocycles. The maximum Gasteiger partial charge on any atom is 0.266 e. The minimum atomic E-state index is 0.179. The minimum absolute atomic E-state index is 0.179. The van der Waals surface area contributed by atoms with Gasteiger partial charge in [-0.05, 0) is 44.5 Å². The largest absolute Gasteiger partial charge is 0.486 e. The van der Waals surface area contributed by atoms with Crippen LogP contribution in [-0.2, 0) is 6.61 Å². The molecule has 0 bridgehead atoms. The van der Waals surface area contributed by atoms with Gasteiger partial charge >= 0.3 is 0 Å². The number of anilines is 1. The maximum atomic E-state index is 9.24. The average molecular weight is 351 g/mol. The molecule has 0 aliphatic heterocycles. The zero-order valence-electron chi connectivity index (χ0n) is 15.1. The van der Waals surface area contributed by atoms with E-state index in [4.69, 9.17) is 13.6 Å². The van der Waals surface area contributed by atoms with Crippen LogP contribution in [0.5, 0.6) is 5.75 Å². The fraction of sp³-hybridized carbons (Fsp3) is 0.300. The van der Waals surface area contributed by atoms with E-state index in [9.17, 15) is 5.26 Å². The van der Waals surface area contributed by atoms with Gasteiger partial charge in [-0.1, -0.05) is 24.6 Å². The van der Waals surface area contributed by atoms with Crippen LogP contribution in [0.3, 0.4) is 0 Å². The van der Waals surface area contributed by atoms with Crippen LogP contribution in [0.1, 0.15) is 37.3 Å². The minimum Gasteiger partial charge on any atom is -0.486 e. The van der Waals surface area contributed by atoms with Crippen molar-refractivity contribution in [3.63, 3.8) is 0 Å². The first-order chi connectivity index (χ1) is 12.6. The van der Waals surface area contributed by atoms with E-state index in [1.807, 2.05) is 57.2 Å². The predicted octanol–water partition coefficient (Wildman–Crippen LogP) is 4.90. The molecule has 6 nitrogen and oxygen atoms in total. The van der Waals surface area contributed by atoms with Crippen molar-refractivity contribution in [1.82, 2.24) is 4.98 Å². The third-order valence-electron chi connectivity index (χ3n) is 4.00. The van der Waals surface area contributed by atoms with E-state index in [1.165, 1.54) is 5.56 Å². The van der Waals surface area contributed by atoms with Crippen LogP contribution >= 0.6 is 0 Å². The standard InChI is InChI=1S/C20H21N3O3/c1-4-14(3)22-19-17(11-21)23-20(26-19)18-10-9-16(25-18)12-24-15-7-5-13(2)6-8-15/h5-10,14,22H,4,12H2,1-3H3/t14-/m1/s1. The second-order valence-electron chi connectivity index (χ2n) is 6.13. The molecular formula is C20H21N3O3. The lowest BCUT2D eigenvalue weighted by molar-refractivity contribution is 0.271. The highest BCUT2D eigenvalue weighted by Crippen LogP contribution is 2.28. The quantitative estimate of drug-likeness (QED) is 0.651. The normalized spacial score (nSPS) is 11.8. The molecule has 1 aromatic carbocycles. The van der Waals surface area contributed by atoms with Crippen LogP contribution in [0.2, 0.25) is 0 Å². The molecule has 0 saturated heterocycles. The zero-order chi connectivity index (χ0) is 18.5. The number of hydrogen-bond acceptors (Lipinski definition) is 6. The van der Waals surface area contributed by atoms with E-state index in [-0.39, 0.29) is 17.6 Å². The Morgan fingerprint density at radius 1 is 1.19 bits per heavy atom. The lowest BCUT2D eigenvalue weighted by atomic mass is 10.2. The predicted molar refractivity (Wildman–Crippen MR) is 97.8 cm³/mol. The third-order valence-corrected chi connectivity index (χ3v) is 4.00. The average Bonchev–Trinajstić information content (AvgIpc) is 3.27. The van der Waals surface area contributed by atoms with Crippen molar-refractivity contribution >= 4 is 5.88 Å². The van der Waals surface area contributed by atoms with E-state index in [0.717, 1.165) is 12.2 Å². The van der Waals surface area contributed by atoms with Crippen molar-refractivity contribution in [1.29, 1.82) is 5.26 Å². The molecule has 0 spiro atoms. The number of nitriles is 1. The summed E-state index contributed by atoms with van der Waals surface area (Å²) in [5.41, 5.74) is 1.39. The van der Waals surface area contributed by atoms with Crippen LogP contribution in [0.15, 0.2) is 45.2 Å². The molecule has 1 atom stereocenters. The van der Waals surface area contributed by atoms with E-state index in [0.29, 0.717) is 24.0 Å². The van der Waals surface area contributed by atoms with Gasteiger partial charge in [0.15, 0.2) is 5.76 Å². The number of hydrogen-bond donors (Lipinski definition) is 1. The lowest BCUT2D eigenvalue weighted by Crippen LogP contribution is -2.13. The Morgan fingerprint density at radius 3 is 2.65 bits per heavy atom. The molecule has 0 unspecified atom stereocenters. The van der Waals surface area contributed by atoms with Gasteiger partial charge in [0, 0.05) is 6.04 Å². The Labute approximate surface area is 152 Å². The monoisotopic (exact) mass is 351 g/mol. The molecule has 3 rings (SSSR count). The number of nitrogens with one attached hydrogen (secondary N) is 1. The maximum absolute atomic E-state index is 9.24. The molecule has 0 aliphatic carbocycles. The van der Waals surface area contributed by atoms with Crippen LogP contribution in [0.4, 0.5) is 5.88 Å². The number of oxazole rings is 1. The summed E-state index contributed by atoms with van der Waals surface area (Å²) in [6, 6.07) is 13.6. The summed E-state index contributed by atoms with van der Waals surface area (Å²) in [4.78, 5) is 4.20. The Hall–Kier alpha value is -3.20. The first-order valence-electron chi connectivity index (χ1n) is 8.55. The Kier molecular flexibility index (Phi) is 5.28. The number of aryl methyl sites for hydroxylation is 1. The van der Waals surface area contributed by atoms with Crippen LogP contribution < -0.4 is 10.1 Å². The fourth-order valence-electron chi connectivity index (χ4n) is 2.28. The molecule has 3 aromatic rings. The van der Waals surface area contributed by atoms with Gasteiger partial charge in [0.2, 0.25) is 11.6 Å². The number of rotatable bonds is 7. The summed E-state index contributed by atoms with van der Waals surface area (Å²) < 4.78 is 17.1. The molecule has 1 N–H and O–H groups in total. The second-order valence-corrected chi connectivity index (χ2v) is 6.13. The summed E-state index contributed by atoms with van der Waals surface area (Å²) in [6.45, 7) is 6.39. The van der Waals surface area contributed by atoms with Gasteiger partial charge in [0.05, 0.1) is 0 Å². The van der Waals surface area contributed by atoms with Gasteiger partial charge in [-0.25, -0.2) is 0 Å². The van der Waals surface area contributed by atoms with Crippen LogP contribution in [-0.4, -0.2) is 11.0 Å². The molecule has 0 aliphatic rings. The zero-order valence-corrected chi connectivity index (χ0v) is 15.1. The van der Waals surface area contributed by atoms with Crippen LogP contribution in [0, 0.1) is 18.3 Å². The number of benzene rings is 1. The fourth-order valence-corrected chi connectivity index (χ4v) is 2.28. The third kappa shape index (κ3) is 4.06. The molecule has 2 heterocycles. The first-order valence-corrected chi connectivity index (χ1v) is 8.55. The van der Waals surface area contributed by atoms with Gasteiger partial charge in [0.1, 0.15) is 24.2 Å². The highest BCUT2D eigenvalue weighted by atomic mass is 16.5. The van der Waals surface area contributed by atoms with E-state index in [1.54, 1.807) is 6.07 Å². The van der Waals surface area contributed by atoms with Gasteiger partial charge in [-0.15, -0.1) is 0 Å². The van der Waals surface area contributed by atoms with Crippen molar-refractivity contribution in [2.45, 2.75) is 39.8 Å². The number of nitrogens with zero attached hydrogens (tertiary/aromatic N) is 2. The summed E-state index contributed by atoms with van der Waals surface area (Å²) in [5.74, 6) is 2.52. The van der Waals surface area contributed by atoms with Crippen molar-refractivity contribution in [3.8, 4) is 23.5 Å². The smallest absolute Gasteiger partial charge is 0.266 e. The molecule has 0 radical (unpaired) electrons. The Bertz CT molecular complexity index is 903. The molecular weight excluding hydrogens is 330 g/mol. The molecule has 0 fully saturated rings. The lowest BCUT2D eigenvalue weighted by Gasteiger charge is -2.08. The summed E-state index contributed by atoms with van der Waals surface area (Å²) in [6.07, 6.45) is 0.905. The highest BCUT2D eigenvalue weighted by Gasteiger charge is 2.18. The van der Waals surface area contributed by atoms with Crippen molar-refractivity contribution in [2.75, 3.05) is 5.32 Å². The molecule has 26 heavy (non-hydrogen) atoms. The van der Waals surface area contributed by atoms with Gasteiger partial charge in [0.25, 0.3) is 5.89 Å². The first kappa shape index (κ1) is 17.6. The molecule has 0 saturated carbocycles. The SMILES string of the molecule is CC[C@@H](C)Nc1oc(-c2ccc(COc3ccc(C)cc3)o2)nc1C#N. The summed E-state index contributed by atoms with van der Waals surface area (Å²) in [7, 11) is 0. The number of furan rings is 1. The molecule has 134 valence electrons. The van der Waals surface area contributed by atoms with Crippen LogP contribution in [0.25, 0.3) is 11.7 Å². The van der Waals surface area contributed by atoms with Gasteiger partial charge in [-0.2, -0.15) is 10.2 Å². The van der Waals surface area contributed by atoms with Gasteiger partial charge < -0.3 is 18.9 Å². The molecule has 6 heteroatoms. The van der Waals surface area contributed by atoms with Crippen molar-refractivity contribution < 1.29 is 13.6 Å². The topological polar surface area (TPSA) is 84.2 Å². The van der Waals surface area contributed by atoms with Crippen molar-refractivity contribution in [2.24, 2.45) is 0 Å². The highest BCUT2D eigenvalue weighted by molar-refractivity contribution is 5.54. The Morgan fingerprint density at radius 2 is 1.96 bits per heavy atom. The Balaban J connectivity index is 1.71. The summed E-state index contributed by atoms with van der Waals surface area (Å²) in [5, 5.41) is 12.4. The van der Waals surface area contributed by atoms with E-state index >= 15 is 0 Å². The van der Waals surface area contributed by atoms with Crippen molar-refractivity contribution in [3.05, 3.63) is 53.4 Å². The number of aromatic nitrogens is 1. The second kappa shape index (κ2) is 7.79.